The van der Waals surface area contributed by atoms with E-state index in [0.717, 1.165) is 6.07 Å². The zero-order valence-electron chi connectivity index (χ0n) is 7.94. The maximum absolute atomic E-state index is 12.1. The fraction of sp³-hybridized carbons (Fsp3) is 0.125. The predicted octanol–water partition coefficient (Wildman–Crippen LogP) is 3.55. The number of nitrogens with two attached hydrogens (primary N) is 1. The van der Waals surface area contributed by atoms with Crippen LogP contribution in [0.25, 0.3) is 0 Å². The fourth-order valence-electron chi connectivity index (χ4n) is 0.977. The maximum atomic E-state index is 12.1. The van der Waals surface area contributed by atoms with Gasteiger partial charge >= 0.3 is 6.36 Å². The molecule has 0 aliphatic carbocycles. The van der Waals surface area contributed by atoms with Crippen LogP contribution in [0, 0.1) is 0 Å². The molecule has 3 N–H and O–H groups in total. The fourth-order valence-corrected chi connectivity index (χ4v) is 1.45. The van der Waals surface area contributed by atoms with Crippen molar-refractivity contribution in [2.45, 2.75) is 6.36 Å². The summed E-state index contributed by atoms with van der Waals surface area (Å²) >= 11 is 15.7. The normalized spacial score (nSPS) is 11.1. The number of alkyl halides is 3. The summed E-state index contributed by atoms with van der Waals surface area (Å²) in [6.45, 7) is 0. The molecule has 0 aliphatic heterocycles. The standard InChI is InChI=1S/C8H5Cl2F3N2OS/c9-4-1-3(15-7(14)17)2-5(6(4)10)16-8(11,12)13/h1-2H,(H3,14,15,17). The molecule has 1 aromatic rings. The maximum Gasteiger partial charge on any atom is 0.573 e. The van der Waals surface area contributed by atoms with Crippen LogP contribution in [0.2, 0.25) is 10.0 Å². The Balaban J connectivity index is 3.11. The lowest BCUT2D eigenvalue weighted by Gasteiger charge is -2.13. The molecule has 17 heavy (non-hydrogen) atoms. The molecule has 0 aliphatic rings. The number of ether oxygens (including phenoxy) is 1. The second kappa shape index (κ2) is 5.16. The first-order chi connectivity index (χ1) is 7.69. The van der Waals surface area contributed by atoms with E-state index < -0.39 is 12.1 Å². The van der Waals surface area contributed by atoms with Crippen molar-refractivity contribution >= 4 is 46.2 Å². The third kappa shape index (κ3) is 4.45. The van der Waals surface area contributed by atoms with E-state index in [0.29, 0.717) is 0 Å². The zero-order chi connectivity index (χ0) is 13.2. The van der Waals surface area contributed by atoms with Crippen molar-refractivity contribution in [2.75, 3.05) is 5.32 Å². The van der Waals surface area contributed by atoms with Gasteiger partial charge in [0.2, 0.25) is 0 Å². The molecule has 0 radical (unpaired) electrons. The summed E-state index contributed by atoms with van der Waals surface area (Å²) in [6.07, 6.45) is -4.87. The van der Waals surface area contributed by atoms with E-state index in [1.165, 1.54) is 6.07 Å². The van der Waals surface area contributed by atoms with E-state index in [4.69, 9.17) is 28.9 Å². The number of hydrogen-bond donors (Lipinski definition) is 2. The van der Waals surface area contributed by atoms with Gasteiger partial charge in [0.05, 0.1) is 5.02 Å². The van der Waals surface area contributed by atoms with E-state index in [-0.39, 0.29) is 20.8 Å². The molecule has 1 rings (SSSR count). The monoisotopic (exact) mass is 304 g/mol. The Labute approximate surface area is 110 Å². The summed E-state index contributed by atoms with van der Waals surface area (Å²) in [5, 5.41) is 1.83. The molecule has 3 nitrogen and oxygen atoms in total. The van der Waals surface area contributed by atoms with E-state index in [9.17, 15) is 13.2 Å². The van der Waals surface area contributed by atoms with E-state index in [2.05, 4.69) is 22.3 Å². The Hall–Kier alpha value is -0.920. The van der Waals surface area contributed by atoms with Gasteiger partial charge in [-0.05, 0) is 18.3 Å². The topological polar surface area (TPSA) is 47.3 Å². The van der Waals surface area contributed by atoms with Crippen LogP contribution in [-0.2, 0) is 0 Å². The number of hydrogen-bond acceptors (Lipinski definition) is 2. The molecule has 0 amide bonds. The largest absolute Gasteiger partial charge is 0.573 e. The highest BCUT2D eigenvalue weighted by atomic mass is 35.5. The highest BCUT2D eigenvalue weighted by molar-refractivity contribution is 7.80. The van der Waals surface area contributed by atoms with Gasteiger partial charge in [-0.1, -0.05) is 23.2 Å². The SMILES string of the molecule is NC(=S)Nc1cc(Cl)c(Cl)c(OC(F)(F)F)c1. The molecule has 0 heterocycles. The summed E-state index contributed by atoms with van der Waals surface area (Å²) in [5.41, 5.74) is 5.32. The molecule has 0 spiro atoms. The van der Waals surface area contributed by atoms with Crippen LogP contribution in [0.4, 0.5) is 18.9 Å². The van der Waals surface area contributed by atoms with Gasteiger partial charge in [0, 0.05) is 11.8 Å². The molecule has 0 unspecified atom stereocenters. The van der Waals surface area contributed by atoms with Crippen molar-refractivity contribution in [2.24, 2.45) is 5.73 Å². The first-order valence-electron chi connectivity index (χ1n) is 4.00. The lowest BCUT2D eigenvalue weighted by molar-refractivity contribution is -0.274. The Morgan fingerprint density at radius 1 is 1.35 bits per heavy atom. The van der Waals surface area contributed by atoms with Gasteiger partial charge in [-0.25, -0.2) is 0 Å². The van der Waals surface area contributed by atoms with Crippen molar-refractivity contribution in [1.82, 2.24) is 0 Å². The molecule has 0 fully saturated rings. The molecule has 0 bridgehead atoms. The van der Waals surface area contributed by atoms with Crippen molar-refractivity contribution in [3.8, 4) is 5.75 Å². The number of thiocarbonyl (C=S) groups is 1. The zero-order valence-corrected chi connectivity index (χ0v) is 10.3. The number of anilines is 1. The van der Waals surface area contributed by atoms with Gasteiger partial charge in [0.1, 0.15) is 5.02 Å². The molecule has 9 heteroatoms. The molecule has 0 aromatic heterocycles. The van der Waals surface area contributed by atoms with E-state index >= 15 is 0 Å². The van der Waals surface area contributed by atoms with Crippen LogP contribution in [0.1, 0.15) is 0 Å². The van der Waals surface area contributed by atoms with Crippen molar-refractivity contribution in [1.29, 1.82) is 0 Å². The van der Waals surface area contributed by atoms with E-state index in [1.807, 2.05) is 0 Å². The first-order valence-corrected chi connectivity index (χ1v) is 5.16. The Bertz CT molecular complexity index is 453. The summed E-state index contributed by atoms with van der Waals surface area (Å²) in [6, 6.07) is 2.26. The highest BCUT2D eigenvalue weighted by Crippen LogP contribution is 2.38. The van der Waals surface area contributed by atoms with Crippen LogP contribution in [0.15, 0.2) is 12.1 Å². The van der Waals surface area contributed by atoms with Crippen molar-refractivity contribution < 1.29 is 17.9 Å². The van der Waals surface area contributed by atoms with Gasteiger partial charge in [-0.3, -0.25) is 0 Å². The summed E-state index contributed by atoms with van der Waals surface area (Å²) < 4.78 is 39.9. The summed E-state index contributed by atoms with van der Waals surface area (Å²) in [5.74, 6) is -0.634. The van der Waals surface area contributed by atoms with Crippen LogP contribution in [-0.4, -0.2) is 11.5 Å². The van der Waals surface area contributed by atoms with Crippen LogP contribution < -0.4 is 15.8 Å². The quantitative estimate of drug-likeness (QED) is 0.820. The number of rotatable bonds is 2. The van der Waals surface area contributed by atoms with Crippen molar-refractivity contribution in [3.63, 3.8) is 0 Å². The second-order valence-electron chi connectivity index (χ2n) is 2.81. The molecule has 94 valence electrons. The third-order valence-corrected chi connectivity index (χ3v) is 2.37. The van der Waals surface area contributed by atoms with Gasteiger partial charge in [-0.15, -0.1) is 13.2 Å². The number of benzene rings is 1. The van der Waals surface area contributed by atoms with Crippen LogP contribution in [0.5, 0.6) is 5.75 Å². The lowest BCUT2D eigenvalue weighted by atomic mass is 10.3. The van der Waals surface area contributed by atoms with Crippen LogP contribution in [0.3, 0.4) is 0 Å². The van der Waals surface area contributed by atoms with Gasteiger partial charge in [0.15, 0.2) is 10.9 Å². The third-order valence-electron chi connectivity index (χ3n) is 1.49. The summed E-state index contributed by atoms with van der Waals surface area (Å²) in [4.78, 5) is 0. The van der Waals surface area contributed by atoms with Gasteiger partial charge in [-0.2, -0.15) is 0 Å². The smallest absolute Gasteiger partial charge is 0.404 e. The second-order valence-corrected chi connectivity index (χ2v) is 4.03. The Kier molecular flexibility index (Phi) is 4.29. The minimum Gasteiger partial charge on any atom is -0.404 e. The van der Waals surface area contributed by atoms with Gasteiger partial charge < -0.3 is 15.8 Å². The minimum absolute atomic E-state index is 0.118. The molecule has 0 saturated heterocycles. The molecule has 1 aromatic carbocycles. The molecular formula is C8H5Cl2F3N2OS. The van der Waals surface area contributed by atoms with Crippen LogP contribution >= 0.6 is 35.4 Å². The number of halogens is 5. The lowest BCUT2D eigenvalue weighted by Crippen LogP contribution is -2.20. The van der Waals surface area contributed by atoms with Crippen molar-refractivity contribution in [3.05, 3.63) is 22.2 Å². The predicted molar refractivity (Wildman–Crippen MR) is 63.6 cm³/mol. The number of nitrogens with one attached hydrogen (secondary N) is 1. The first kappa shape index (κ1) is 14.1. The molecule has 0 saturated carbocycles. The molecular weight excluding hydrogens is 300 g/mol. The average molecular weight is 305 g/mol. The van der Waals surface area contributed by atoms with E-state index in [1.54, 1.807) is 0 Å². The summed E-state index contributed by atoms with van der Waals surface area (Å²) in [7, 11) is 0. The Morgan fingerprint density at radius 2 is 1.94 bits per heavy atom. The minimum atomic E-state index is -4.87. The Morgan fingerprint density at radius 3 is 2.41 bits per heavy atom. The highest BCUT2D eigenvalue weighted by Gasteiger charge is 2.32. The molecule has 0 atom stereocenters. The van der Waals surface area contributed by atoms with Gasteiger partial charge in [0.25, 0.3) is 0 Å². The average Bonchev–Trinajstić information content (AvgIpc) is 2.09.